The average molecular weight is 284 g/mol. The molecule has 1 aliphatic carbocycles. The third kappa shape index (κ3) is 2.74. The van der Waals surface area contributed by atoms with Crippen molar-refractivity contribution < 1.29 is 0 Å². The zero-order chi connectivity index (χ0) is 14.8. The first-order valence-corrected chi connectivity index (χ1v) is 7.73. The number of hydrogen-bond acceptors (Lipinski definition) is 3. The van der Waals surface area contributed by atoms with Crippen LogP contribution in [-0.4, -0.2) is 9.78 Å². The van der Waals surface area contributed by atoms with E-state index in [1.807, 2.05) is 17.9 Å². The van der Waals surface area contributed by atoms with E-state index in [1.54, 1.807) is 0 Å². The van der Waals surface area contributed by atoms with Crippen LogP contribution in [0.1, 0.15) is 53.6 Å². The number of nitrogens with one attached hydrogen (secondary N) is 1. The third-order valence-corrected chi connectivity index (χ3v) is 4.86. The second-order valence-electron chi connectivity index (χ2n) is 6.05. The van der Waals surface area contributed by atoms with Gasteiger partial charge in [0.2, 0.25) is 0 Å². The lowest BCUT2D eigenvalue weighted by molar-refractivity contribution is 0.424. The van der Waals surface area contributed by atoms with Gasteiger partial charge in [-0.15, -0.1) is 0 Å². The van der Waals surface area contributed by atoms with Gasteiger partial charge in [0.05, 0.1) is 6.20 Å². The first kappa shape index (κ1) is 14.3. The molecule has 0 saturated carbocycles. The van der Waals surface area contributed by atoms with Gasteiger partial charge in [-0.05, 0) is 49.7 Å². The molecule has 0 aliphatic heterocycles. The lowest BCUT2D eigenvalue weighted by Crippen LogP contribution is -2.30. The van der Waals surface area contributed by atoms with Gasteiger partial charge in [0.15, 0.2) is 0 Å². The molecule has 0 fully saturated rings. The van der Waals surface area contributed by atoms with Crippen molar-refractivity contribution in [2.24, 2.45) is 12.9 Å². The largest absolute Gasteiger partial charge is 0.273 e. The maximum atomic E-state index is 5.83. The normalized spacial score (nSPS) is 19.3. The highest BCUT2D eigenvalue weighted by molar-refractivity contribution is 5.33. The topological polar surface area (TPSA) is 55.9 Å². The van der Waals surface area contributed by atoms with Crippen LogP contribution in [0.4, 0.5) is 0 Å². The Bertz CT molecular complexity index is 617. The van der Waals surface area contributed by atoms with Gasteiger partial charge in [-0.1, -0.05) is 24.3 Å². The number of aromatic nitrogens is 2. The molecule has 112 valence electrons. The Balaban J connectivity index is 1.84. The zero-order valence-corrected chi connectivity index (χ0v) is 12.8. The quantitative estimate of drug-likeness (QED) is 0.670. The molecular formula is C17H24N4. The Morgan fingerprint density at radius 1 is 1.43 bits per heavy atom. The molecule has 2 unspecified atom stereocenters. The van der Waals surface area contributed by atoms with E-state index in [0.29, 0.717) is 5.92 Å². The van der Waals surface area contributed by atoms with Crippen molar-refractivity contribution in [1.29, 1.82) is 0 Å². The van der Waals surface area contributed by atoms with E-state index in [4.69, 9.17) is 5.84 Å². The smallest absolute Gasteiger partial charge is 0.0540 e. The zero-order valence-electron chi connectivity index (χ0n) is 12.8. The van der Waals surface area contributed by atoms with E-state index >= 15 is 0 Å². The SMILES string of the molecule is Cc1c(C(CC2CCCc3ccccc32)NN)cnn1C. The van der Waals surface area contributed by atoms with Gasteiger partial charge in [-0.2, -0.15) is 5.10 Å². The first-order valence-electron chi connectivity index (χ1n) is 7.73. The van der Waals surface area contributed by atoms with Crippen LogP contribution in [-0.2, 0) is 13.5 Å². The van der Waals surface area contributed by atoms with Gasteiger partial charge in [-0.3, -0.25) is 16.0 Å². The molecule has 2 atom stereocenters. The molecule has 1 aliphatic rings. The molecule has 3 rings (SSSR count). The van der Waals surface area contributed by atoms with Crippen molar-refractivity contribution in [2.75, 3.05) is 0 Å². The molecule has 21 heavy (non-hydrogen) atoms. The van der Waals surface area contributed by atoms with Crippen LogP contribution in [0.25, 0.3) is 0 Å². The average Bonchev–Trinajstić information content (AvgIpc) is 2.85. The molecule has 1 aromatic carbocycles. The number of nitrogens with two attached hydrogens (primary N) is 1. The Morgan fingerprint density at radius 3 is 2.95 bits per heavy atom. The van der Waals surface area contributed by atoms with Crippen LogP contribution in [0.3, 0.4) is 0 Å². The minimum Gasteiger partial charge on any atom is -0.273 e. The molecule has 2 aromatic rings. The fraction of sp³-hybridized carbons (Fsp3) is 0.471. The molecule has 0 spiro atoms. The third-order valence-electron chi connectivity index (χ3n) is 4.86. The Labute approximate surface area is 126 Å². The summed E-state index contributed by atoms with van der Waals surface area (Å²) in [6.45, 7) is 2.10. The van der Waals surface area contributed by atoms with Gasteiger partial charge < -0.3 is 0 Å². The minimum atomic E-state index is 0.162. The lowest BCUT2D eigenvalue weighted by Gasteiger charge is -2.28. The molecule has 1 aromatic heterocycles. The van der Waals surface area contributed by atoms with Gasteiger partial charge in [-0.25, -0.2) is 0 Å². The van der Waals surface area contributed by atoms with E-state index in [0.717, 1.165) is 6.42 Å². The molecule has 4 nitrogen and oxygen atoms in total. The summed E-state index contributed by atoms with van der Waals surface area (Å²) in [5, 5.41) is 4.34. The molecule has 0 radical (unpaired) electrons. The van der Waals surface area contributed by atoms with E-state index in [1.165, 1.54) is 41.6 Å². The van der Waals surface area contributed by atoms with Crippen molar-refractivity contribution in [1.82, 2.24) is 15.2 Å². The summed E-state index contributed by atoms with van der Waals surface area (Å²) in [7, 11) is 1.97. The van der Waals surface area contributed by atoms with E-state index in [2.05, 4.69) is 41.7 Å². The number of hydrazine groups is 1. The van der Waals surface area contributed by atoms with Gasteiger partial charge in [0, 0.05) is 24.3 Å². The summed E-state index contributed by atoms with van der Waals surface area (Å²) < 4.78 is 1.91. The van der Waals surface area contributed by atoms with Crippen LogP contribution in [0, 0.1) is 6.92 Å². The monoisotopic (exact) mass is 284 g/mol. The van der Waals surface area contributed by atoms with Crippen LogP contribution >= 0.6 is 0 Å². The number of rotatable bonds is 4. The van der Waals surface area contributed by atoms with Gasteiger partial charge in [0.1, 0.15) is 0 Å². The fourth-order valence-corrected chi connectivity index (χ4v) is 3.53. The fourth-order valence-electron chi connectivity index (χ4n) is 3.53. The molecule has 4 heteroatoms. The predicted molar refractivity (Wildman–Crippen MR) is 84.7 cm³/mol. The Morgan fingerprint density at radius 2 is 2.24 bits per heavy atom. The second-order valence-corrected chi connectivity index (χ2v) is 6.05. The predicted octanol–water partition coefficient (Wildman–Crippen LogP) is 2.74. The maximum Gasteiger partial charge on any atom is 0.0540 e. The molecule has 0 bridgehead atoms. The van der Waals surface area contributed by atoms with Crippen molar-refractivity contribution in [3.8, 4) is 0 Å². The van der Waals surface area contributed by atoms with Crippen molar-refractivity contribution >= 4 is 0 Å². The van der Waals surface area contributed by atoms with Crippen molar-refractivity contribution in [3.63, 3.8) is 0 Å². The summed E-state index contributed by atoms with van der Waals surface area (Å²) in [6.07, 6.45) is 6.69. The summed E-state index contributed by atoms with van der Waals surface area (Å²) in [6, 6.07) is 9.00. The highest BCUT2D eigenvalue weighted by Crippen LogP contribution is 2.37. The number of hydrogen-bond donors (Lipinski definition) is 2. The number of nitrogens with zero attached hydrogens (tertiary/aromatic N) is 2. The maximum absolute atomic E-state index is 5.83. The summed E-state index contributed by atoms with van der Waals surface area (Å²) in [4.78, 5) is 0. The van der Waals surface area contributed by atoms with Crippen LogP contribution in [0.2, 0.25) is 0 Å². The summed E-state index contributed by atoms with van der Waals surface area (Å²) >= 11 is 0. The van der Waals surface area contributed by atoms with Crippen LogP contribution < -0.4 is 11.3 Å². The first-order chi connectivity index (χ1) is 10.2. The van der Waals surface area contributed by atoms with Crippen LogP contribution in [0.15, 0.2) is 30.5 Å². The van der Waals surface area contributed by atoms with E-state index in [-0.39, 0.29) is 6.04 Å². The highest BCUT2D eigenvalue weighted by Gasteiger charge is 2.25. The Hall–Kier alpha value is -1.65. The summed E-state index contributed by atoms with van der Waals surface area (Å²) in [5.41, 5.74) is 8.40. The van der Waals surface area contributed by atoms with Crippen molar-refractivity contribution in [2.45, 2.75) is 44.6 Å². The number of aryl methyl sites for hydroxylation is 2. The molecule has 1 heterocycles. The molecular weight excluding hydrogens is 260 g/mol. The van der Waals surface area contributed by atoms with Gasteiger partial charge >= 0.3 is 0 Å². The lowest BCUT2D eigenvalue weighted by atomic mass is 9.79. The molecule has 0 saturated heterocycles. The van der Waals surface area contributed by atoms with Crippen molar-refractivity contribution in [3.05, 3.63) is 52.8 Å². The van der Waals surface area contributed by atoms with Crippen LogP contribution in [0.5, 0.6) is 0 Å². The van der Waals surface area contributed by atoms with E-state index in [9.17, 15) is 0 Å². The standard InChI is InChI=1S/C17H24N4/c1-12-16(11-19-21(12)2)17(20-18)10-14-8-5-7-13-6-3-4-9-15(13)14/h3-4,6,9,11,14,17,20H,5,7-8,10,18H2,1-2H3. The number of benzene rings is 1. The Kier molecular flexibility index (Phi) is 4.08. The summed E-state index contributed by atoms with van der Waals surface area (Å²) in [5.74, 6) is 6.41. The van der Waals surface area contributed by atoms with E-state index < -0.39 is 0 Å². The minimum absolute atomic E-state index is 0.162. The molecule has 3 N–H and O–H groups in total. The molecule has 0 amide bonds. The second kappa shape index (κ2) is 6.00. The highest BCUT2D eigenvalue weighted by atomic mass is 15.3. The van der Waals surface area contributed by atoms with Gasteiger partial charge in [0.25, 0.3) is 0 Å². The number of fused-ring (bicyclic) bond motifs is 1.